The summed E-state index contributed by atoms with van der Waals surface area (Å²) >= 11 is 1.81. The van der Waals surface area contributed by atoms with Crippen molar-refractivity contribution in [2.24, 2.45) is 0 Å². The smallest absolute Gasteiger partial charge is 0.123 e. The maximum absolute atomic E-state index is 5.91. The lowest BCUT2D eigenvalue weighted by Crippen LogP contribution is -2.35. The van der Waals surface area contributed by atoms with Crippen LogP contribution in [-0.2, 0) is 11.3 Å². The molecule has 0 radical (unpaired) electrons. The van der Waals surface area contributed by atoms with Crippen LogP contribution in [0.5, 0.6) is 0 Å². The molecule has 1 saturated heterocycles. The molecule has 1 N–H and O–H groups in total. The number of nitrogens with one attached hydrogen (secondary N) is 1. The Hall–Kier alpha value is -0.490. The van der Waals surface area contributed by atoms with E-state index in [0.717, 1.165) is 31.2 Å². The molecule has 5 heteroatoms. The normalized spacial score (nSPS) is 21.2. The molecule has 1 aromatic heterocycles. The Labute approximate surface area is 132 Å². The lowest BCUT2D eigenvalue weighted by Gasteiger charge is -2.28. The molecular formula is C16H29N3OS. The minimum Gasteiger partial charge on any atom is -0.368 e. The summed E-state index contributed by atoms with van der Waals surface area (Å²) in [6.45, 7) is 14.7. The van der Waals surface area contributed by atoms with Gasteiger partial charge in [-0.2, -0.15) is 0 Å². The van der Waals surface area contributed by atoms with Crippen molar-refractivity contribution in [3.05, 3.63) is 15.6 Å². The molecule has 1 aromatic rings. The topological polar surface area (TPSA) is 37.4 Å². The maximum Gasteiger partial charge on any atom is 0.123 e. The number of nitrogens with zero attached hydrogens (tertiary/aromatic N) is 2. The number of ether oxygens (including phenoxy) is 1. The van der Waals surface area contributed by atoms with Gasteiger partial charge in [-0.05, 0) is 33.7 Å². The van der Waals surface area contributed by atoms with Crippen molar-refractivity contribution in [1.82, 2.24) is 15.2 Å². The van der Waals surface area contributed by atoms with Crippen LogP contribution in [0.15, 0.2) is 0 Å². The molecule has 120 valence electrons. The van der Waals surface area contributed by atoms with E-state index >= 15 is 0 Å². The predicted octanol–water partition coefficient (Wildman–Crippen LogP) is 3.16. The third-order valence-electron chi connectivity index (χ3n) is 3.62. The largest absolute Gasteiger partial charge is 0.368 e. The number of hydrogen-bond acceptors (Lipinski definition) is 5. The molecule has 1 aliphatic heterocycles. The molecule has 2 heterocycles. The standard InChI is InChI=1S/C16H29N3OS/c1-11(2)14-13(9-17-16(3,4)5)21-15(18-14)12-10-19(6)7-8-20-12/h11-12,17H,7-10H2,1-6H3. The van der Waals surface area contributed by atoms with Crippen molar-refractivity contribution < 1.29 is 4.74 Å². The number of likely N-dealkylation sites (N-methyl/N-ethyl adjacent to an activating group) is 1. The van der Waals surface area contributed by atoms with Gasteiger partial charge in [-0.3, -0.25) is 0 Å². The number of hydrogen-bond donors (Lipinski definition) is 1. The van der Waals surface area contributed by atoms with E-state index in [1.54, 1.807) is 0 Å². The summed E-state index contributed by atoms with van der Waals surface area (Å²) in [5, 5.41) is 4.71. The van der Waals surface area contributed by atoms with Gasteiger partial charge in [0.1, 0.15) is 11.1 Å². The molecule has 0 amide bonds. The van der Waals surface area contributed by atoms with Crippen molar-refractivity contribution in [3.63, 3.8) is 0 Å². The molecule has 0 saturated carbocycles. The molecule has 0 aromatic carbocycles. The first-order valence-corrected chi connectivity index (χ1v) is 8.62. The Kier molecular flexibility index (Phi) is 5.41. The zero-order valence-electron chi connectivity index (χ0n) is 14.2. The van der Waals surface area contributed by atoms with Crippen molar-refractivity contribution in [3.8, 4) is 0 Å². The van der Waals surface area contributed by atoms with Gasteiger partial charge in [0.05, 0.1) is 12.3 Å². The number of aromatic nitrogens is 1. The van der Waals surface area contributed by atoms with Crippen LogP contribution < -0.4 is 5.32 Å². The second kappa shape index (κ2) is 6.73. The van der Waals surface area contributed by atoms with Gasteiger partial charge in [0, 0.05) is 30.1 Å². The summed E-state index contributed by atoms with van der Waals surface area (Å²) in [5.41, 5.74) is 1.35. The van der Waals surface area contributed by atoms with Crippen molar-refractivity contribution in [1.29, 1.82) is 0 Å². The summed E-state index contributed by atoms with van der Waals surface area (Å²) in [6, 6.07) is 0. The van der Waals surface area contributed by atoms with Crippen LogP contribution in [0.4, 0.5) is 0 Å². The van der Waals surface area contributed by atoms with Gasteiger partial charge in [-0.15, -0.1) is 11.3 Å². The van der Waals surface area contributed by atoms with Crippen LogP contribution in [0.1, 0.15) is 62.2 Å². The molecule has 2 rings (SSSR count). The number of thiazole rings is 1. The highest BCUT2D eigenvalue weighted by atomic mass is 32.1. The average Bonchev–Trinajstić information content (AvgIpc) is 2.80. The van der Waals surface area contributed by atoms with E-state index in [4.69, 9.17) is 9.72 Å². The molecule has 4 nitrogen and oxygen atoms in total. The molecule has 0 spiro atoms. The fraction of sp³-hybridized carbons (Fsp3) is 0.812. The minimum absolute atomic E-state index is 0.125. The third kappa shape index (κ3) is 4.74. The van der Waals surface area contributed by atoms with Gasteiger partial charge >= 0.3 is 0 Å². The highest BCUT2D eigenvalue weighted by molar-refractivity contribution is 7.11. The van der Waals surface area contributed by atoms with Gasteiger partial charge in [-0.1, -0.05) is 13.8 Å². The summed E-state index contributed by atoms with van der Waals surface area (Å²) in [6.07, 6.45) is 0.134. The van der Waals surface area contributed by atoms with Crippen molar-refractivity contribution >= 4 is 11.3 Å². The van der Waals surface area contributed by atoms with E-state index < -0.39 is 0 Å². The molecule has 0 bridgehead atoms. The van der Waals surface area contributed by atoms with E-state index in [2.05, 4.69) is 51.9 Å². The Morgan fingerprint density at radius 3 is 2.71 bits per heavy atom. The first-order valence-electron chi connectivity index (χ1n) is 7.81. The van der Waals surface area contributed by atoms with Gasteiger partial charge < -0.3 is 15.0 Å². The molecule has 0 aliphatic carbocycles. The van der Waals surface area contributed by atoms with E-state index in [0.29, 0.717) is 5.92 Å². The van der Waals surface area contributed by atoms with E-state index in [9.17, 15) is 0 Å². The molecule has 1 atom stereocenters. The van der Waals surface area contributed by atoms with Crippen LogP contribution in [0.25, 0.3) is 0 Å². The second-order valence-corrected chi connectivity index (χ2v) is 8.36. The maximum atomic E-state index is 5.91. The predicted molar refractivity (Wildman–Crippen MR) is 89.0 cm³/mol. The molecule has 1 aliphatic rings. The number of rotatable bonds is 4. The quantitative estimate of drug-likeness (QED) is 0.927. The highest BCUT2D eigenvalue weighted by Crippen LogP contribution is 2.32. The second-order valence-electron chi connectivity index (χ2n) is 7.24. The monoisotopic (exact) mass is 311 g/mol. The molecule has 21 heavy (non-hydrogen) atoms. The fourth-order valence-electron chi connectivity index (χ4n) is 2.37. The lowest BCUT2D eigenvalue weighted by molar-refractivity contribution is -0.0210. The van der Waals surface area contributed by atoms with E-state index in [1.807, 2.05) is 11.3 Å². The van der Waals surface area contributed by atoms with E-state index in [-0.39, 0.29) is 11.6 Å². The van der Waals surface area contributed by atoms with Crippen LogP contribution in [0.3, 0.4) is 0 Å². The number of morpholine rings is 1. The van der Waals surface area contributed by atoms with Gasteiger partial charge in [-0.25, -0.2) is 4.98 Å². The van der Waals surface area contributed by atoms with Crippen LogP contribution >= 0.6 is 11.3 Å². The average molecular weight is 311 g/mol. The first kappa shape index (κ1) is 16.9. The van der Waals surface area contributed by atoms with Crippen LogP contribution in [0.2, 0.25) is 0 Å². The molecule has 1 unspecified atom stereocenters. The Morgan fingerprint density at radius 2 is 2.14 bits per heavy atom. The van der Waals surface area contributed by atoms with Crippen molar-refractivity contribution in [2.45, 2.75) is 58.7 Å². The zero-order valence-corrected chi connectivity index (χ0v) is 15.0. The molecular weight excluding hydrogens is 282 g/mol. The summed E-state index contributed by atoms with van der Waals surface area (Å²) in [4.78, 5) is 8.57. The Morgan fingerprint density at radius 1 is 1.43 bits per heavy atom. The summed E-state index contributed by atoms with van der Waals surface area (Å²) in [7, 11) is 2.15. The van der Waals surface area contributed by atoms with Gasteiger partial charge in [0.2, 0.25) is 0 Å². The van der Waals surface area contributed by atoms with Crippen LogP contribution in [-0.4, -0.2) is 42.2 Å². The van der Waals surface area contributed by atoms with Crippen molar-refractivity contribution in [2.75, 3.05) is 26.7 Å². The van der Waals surface area contributed by atoms with E-state index in [1.165, 1.54) is 10.6 Å². The Bertz CT molecular complexity index is 465. The van der Waals surface area contributed by atoms with Crippen LogP contribution in [0, 0.1) is 0 Å². The highest BCUT2D eigenvalue weighted by Gasteiger charge is 2.25. The minimum atomic E-state index is 0.125. The Balaban J connectivity index is 2.16. The lowest BCUT2D eigenvalue weighted by atomic mass is 10.1. The first-order chi connectivity index (χ1) is 9.76. The van der Waals surface area contributed by atoms with Gasteiger partial charge in [0.25, 0.3) is 0 Å². The summed E-state index contributed by atoms with van der Waals surface area (Å²) < 4.78 is 5.91. The van der Waals surface area contributed by atoms with Gasteiger partial charge in [0.15, 0.2) is 0 Å². The fourth-order valence-corrected chi connectivity index (χ4v) is 3.57. The zero-order chi connectivity index (χ0) is 15.6. The molecule has 1 fully saturated rings. The SMILES string of the molecule is CC(C)c1nc(C2CN(C)CCO2)sc1CNC(C)(C)C. The summed E-state index contributed by atoms with van der Waals surface area (Å²) in [5.74, 6) is 0.452. The third-order valence-corrected chi connectivity index (χ3v) is 4.78.